The molecular formula is C24H24N4O3. The number of hydrogen-bond donors (Lipinski definition) is 1. The standard InChI is InChI=1S/C24H24N4O3/c1-2-22-27-19-14-16(9-11-20(19)31-22)25-23(29)15-8-10-17-18(13-15)26-21-7-5-3-4-6-12-28(21)24(17)30/h8-11,13-14H,2-7,12H2,1H3,(H,25,29). The van der Waals surface area contributed by atoms with E-state index in [1.807, 2.05) is 6.92 Å². The average Bonchev–Trinajstić information content (AvgIpc) is 3.17. The number of carbonyl (C=O) groups is 1. The number of nitrogens with one attached hydrogen (secondary N) is 1. The second-order valence-corrected chi connectivity index (χ2v) is 7.98. The summed E-state index contributed by atoms with van der Waals surface area (Å²) in [5.41, 5.74) is 3.06. The lowest BCUT2D eigenvalue weighted by Crippen LogP contribution is -2.26. The van der Waals surface area contributed by atoms with Crippen molar-refractivity contribution in [2.24, 2.45) is 0 Å². The molecule has 4 aromatic rings. The Kier molecular flexibility index (Phi) is 5.02. The molecule has 1 amide bonds. The number of rotatable bonds is 3. The third-order valence-corrected chi connectivity index (χ3v) is 5.82. The molecule has 0 saturated carbocycles. The summed E-state index contributed by atoms with van der Waals surface area (Å²) in [6.45, 7) is 2.69. The molecule has 3 heterocycles. The smallest absolute Gasteiger partial charge is 0.261 e. The number of hydrogen-bond acceptors (Lipinski definition) is 5. The predicted molar refractivity (Wildman–Crippen MR) is 120 cm³/mol. The van der Waals surface area contributed by atoms with Crippen molar-refractivity contribution in [2.75, 3.05) is 5.32 Å². The van der Waals surface area contributed by atoms with Crippen LogP contribution >= 0.6 is 0 Å². The van der Waals surface area contributed by atoms with E-state index < -0.39 is 0 Å². The van der Waals surface area contributed by atoms with Gasteiger partial charge in [0.25, 0.3) is 11.5 Å². The van der Waals surface area contributed by atoms with Crippen LogP contribution < -0.4 is 10.9 Å². The molecule has 158 valence electrons. The molecule has 0 bridgehead atoms. The molecule has 1 aliphatic heterocycles. The van der Waals surface area contributed by atoms with Gasteiger partial charge in [-0.2, -0.15) is 0 Å². The molecule has 5 rings (SSSR count). The zero-order chi connectivity index (χ0) is 21.4. The fourth-order valence-corrected chi connectivity index (χ4v) is 4.14. The lowest BCUT2D eigenvalue weighted by Gasteiger charge is -2.16. The minimum Gasteiger partial charge on any atom is -0.441 e. The van der Waals surface area contributed by atoms with E-state index in [0.717, 1.165) is 37.9 Å². The van der Waals surface area contributed by atoms with Gasteiger partial charge in [-0.3, -0.25) is 14.2 Å². The minimum atomic E-state index is -0.255. The normalized spacial score (nSPS) is 14.2. The number of anilines is 1. The first-order valence-corrected chi connectivity index (χ1v) is 10.9. The van der Waals surface area contributed by atoms with E-state index in [2.05, 4.69) is 10.3 Å². The van der Waals surface area contributed by atoms with Crippen molar-refractivity contribution in [1.82, 2.24) is 14.5 Å². The molecule has 1 aliphatic rings. The first-order valence-electron chi connectivity index (χ1n) is 10.9. The van der Waals surface area contributed by atoms with Crippen molar-refractivity contribution >= 4 is 33.6 Å². The van der Waals surface area contributed by atoms with Crippen LogP contribution in [0.15, 0.2) is 45.6 Å². The predicted octanol–water partition coefficient (Wildman–Crippen LogP) is 4.47. The Morgan fingerprint density at radius 3 is 2.81 bits per heavy atom. The number of aromatic nitrogens is 3. The lowest BCUT2D eigenvalue weighted by molar-refractivity contribution is 0.102. The SMILES string of the molecule is CCc1nc2cc(NC(=O)c3ccc4c(=O)n5c(nc4c3)CCCCCC5)ccc2o1. The molecule has 0 saturated heterocycles. The molecule has 2 aromatic carbocycles. The number of fused-ring (bicyclic) bond motifs is 3. The summed E-state index contributed by atoms with van der Waals surface area (Å²) in [5, 5.41) is 3.46. The van der Waals surface area contributed by atoms with Gasteiger partial charge in [-0.05, 0) is 49.2 Å². The highest BCUT2D eigenvalue weighted by molar-refractivity contribution is 6.06. The van der Waals surface area contributed by atoms with Crippen molar-refractivity contribution in [1.29, 1.82) is 0 Å². The maximum absolute atomic E-state index is 13.0. The highest BCUT2D eigenvalue weighted by Crippen LogP contribution is 2.22. The van der Waals surface area contributed by atoms with Crippen LogP contribution in [0, 0.1) is 0 Å². The maximum atomic E-state index is 13.0. The van der Waals surface area contributed by atoms with Gasteiger partial charge in [0, 0.05) is 30.6 Å². The average molecular weight is 416 g/mol. The number of amides is 1. The number of benzene rings is 2. The van der Waals surface area contributed by atoms with Gasteiger partial charge in [0.1, 0.15) is 11.3 Å². The Hall–Kier alpha value is -3.48. The molecule has 0 fully saturated rings. The molecule has 7 nitrogen and oxygen atoms in total. The quantitative estimate of drug-likeness (QED) is 0.532. The van der Waals surface area contributed by atoms with Crippen molar-refractivity contribution in [3.63, 3.8) is 0 Å². The molecule has 0 radical (unpaired) electrons. The number of aryl methyl sites for hydroxylation is 2. The Bertz CT molecular complexity index is 1350. The molecule has 0 unspecified atom stereocenters. The lowest BCUT2D eigenvalue weighted by atomic mass is 10.1. The Balaban J connectivity index is 1.46. The Morgan fingerprint density at radius 1 is 1.06 bits per heavy atom. The topological polar surface area (TPSA) is 90.0 Å². The fraction of sp³-hybridized carbons (Fsp3) is 0.333. The van der Waals surface area contributed by atoms with Gasteiger partial charge in [0.2, 0.25) is 0 Å². The summed E-state index contributed by atoms with van der Waals surface area (Å²) in [4.78, 5) is 35.0. The summed E-state index contributed by atoms with van der Waals surface area (Å²) in [6.07, 6.45) is 5.83. The fourth-order valence-electron chi connectivity index (χ4n) is 4.14. The maximum Gasteiger partial charge on any atom is 0.261 e. The van der Waals surface area contributed by atoms with Crippen LogP contribution in [-0.4, -0.2) is 20.4 Å². The summed E-state index contributed by atoms with van der Waals surface area (Å²) < 4.78 is 7.42. The van der Waals surface area contributed by atoms with E-state index in [9.17, 15) is 9.59 Å². The minimum absolute atomic E-state index is 0.0166. The van der Waals surface area contributed by atoms with Gasteiger partial charge in [0.05, 0.1) is 10.9 Å². The largest absolute Gasteiger partial charge is 0.441 e. The molecule has 0 atom stereocenters. The van der Waals surface area contributed by atoms with Crippen LogP contribution in [0.25, 0.3) is 22.0 Å². The summed E-state index contributed by atoms with van der Waals surface area (Å²) >= 11 is 0. The van der Waals surface area contributed by atoms with Crippen LogP contribution in [0.4, 0.5) is 5.69 Å². The van der Waals surface area contributed by atoms with Gasteiger partial charge in [-0.25, -0.2) is 9.97 Å². The van der Waals surface area contributed by atoms with Crippen LogP contribution in [0.3, 0.4) is 0 Å². The van der Waals surface area contributed by atoms with Crippen LogP contribution in [0.5, 0.6) is 0 Å². The van der Waals surface area contributed by atoms with Crippen molar-refractivity contribution in [3.05, 3.63) is 64.0 Å². The van der Waals surface area contributed by atoms with E-state index in [-0.39, 0.29) is 11.5 Å². The van der Waals surface area contributed by atoms with Gasteiger partial charge < -0.3 is 9.73 Å². The molecule has 1 N–H and O–H groups in total. The van der Waals surface area contributed by atoms with Gasteiger partial charge in [-0.15, -0.1) is 0 Å². The van der Waals surface area contributed by atoms with Crippen LogP contribution in [-0.2, 0) is 19.4 Å². The number of carbonyl (C=O) groups excluding carboxylic acids is 1. The highest BCUT2D eigenvalue weighted by Gasteiger charge is 2.15. The second kappa shape index (κ2) is 7.98. The molecular weight excluding hydrogens is 392 g/mol. The number of nitrogens with zero attached hydrogens (tertiary/aromatic N) is 3. The van der Waals surface area contributed by atoms with Crippen molar-refractivity contribution in [3.8, 4) is 0 Å². The van der Waals surface area contributed by atoms with E-state index in [4.69, 9.17) is 9.40 Å². The zero-order valence-corrected chi connectivity index (χ0v) is 17.5. The Labute approximate surface area is 179 Å². The first-order chi connectivity index (χ1) is 15.1. The van der Waals surface area contributed by atoms with Crippen LogP contribution in [0.1, 0.15) is 54.7 Å². The third-order valence-electron chi connectivity index (χ3n) is 5.82. The zero-order valence-electron chi connectivity index (χ0n) is 17.5. The number of oxazole rings is 1. The van der Waals surface area contributed by atoms with E-state index in [1.54, 1.807) is 41.0 Å². The summed E-state index contributed by atoms with van der Waals surface area (Å²) in [5.74, 6) is 1.23. The van der Waals surface area contributed by atoms with Crippen molar-refractivity contribution < 1.29 is 9.21 Å². The first kappa shape index (κ1) is 19.5. The molecule has 2 aromatic heterocycles. The van der Waals surface area contributed by atoms with E-state index >= 15 is 0 Å². The van der Waals surface area contributed by atoms with Crippen LogP contribution in [0.2, 0.25) is 0 Å². The molecule has 31 heavy (non-hydrogen) atoms. The van der Waals surface area contributed by atoms with Gasteiger partial charge >= 0.3 is 0 Å². The molecule has 0 spiro atoms. The molecule has 7 heteroatoms. The highest BCUT2D eigenvalue weighted by atomic mass is 16.3. The van der Waals surface area contributed by atoms with Gasteiger partial charge in [-0.1, -0.05) is 19.8 Å². The summed E-state index contributed by atoms with van der Waals surface area (Å²) in [7, 11) is 0. The van der Waals surface area contributed by atoms with E-state index in [1.165, 1.54) is 0 Å². The monoisotopic (exact) mass is 416 g/mol. The Morgan fingerprint density at radius 2 is 1.94 bits per heavy atom. The molecule has 0 aliphatic carbocycles. The van der Waals surface area contributed by atoms with Gasteiger partial charge in [0.15, 0.2) is 11.5 Å². The van der Waals surface area contributed by atoms with E-state index in [0.29, 0.717) is 52.1 Å². The summed E-state index contributed by atoms with van der Waals surface area (Å²) in [6, 6.07) is 10.5. The van der Waals surface area contributed by atoms with Crippen molar-refractivity contribution in [2.45, 2.75) is 52.0 Å². The third kappa shape index (κ3) is 3.71. The second-order valence-electron chi connectivity index (χ2n) is 7.98.